The first-order valence-electron chi connectivity index (χ1n) is 2.90. The Hall–Kier alpha value is -1.65. The van der Waals surface area contributed by atoms with Crippen LogP contribution >= 0.6 is 0 Å². The van der Waals surface area contributed by atoms with Crippen LogP contribution in [0.25, 0.3) is 0 Å². The minimum Gasteiger partial charge on any atom is -0.478 e. The Morgan fingerprint density at radius 2 is 2.36 bits per heavy atom. The summed E-state index contributed by atoms with van der Waals surface area (Å²) < 4.78 is 0. The van der Waals surface area contributed by atoms with E-state index in [1.165, 1.54) is 6.92 Å². The maximum atomic E-state index is 10.8. The van der Waals surface area contributed by atoms with E-state index < -0.39 is 11.5 Å². The fraction of sp³-hybridized carbons (Fsp3) is 0.167. The van der Waals surface area contributed by atoms with Crippen molar-refractivity contribution in [2.45, 2.75) is 6.92 Å². The summed E-state index contributed by atoms with van der Waals surface area (Å²) in [4.78, 5) is 21.1. The van der Waals surface area contributed by atoms with Crippen LogP contribution in [-0.2, 0) is 0 Å². The molecule has 1 rings (SSSR count). The van der Waals surface area contributed by atoms with E-state index in [1.54, 1.807) is 0 Å². The maximum absolute atomic E-state index is 10.8. The van der Waals surface area contributed by atoms with Crippen LogP contribution in [0.4, 0.5) is 0 Å². The second-order valence-electron chi connectivity index (χ2n) is 2.04. The number of rotatable bonds is 1. The van der Waals surface area contributed by atoms with E-state index in [4.69, 9.17) is 5.11 Å². The summed E-state index contributed by atoms with van der Waals surface area (Å²) >= 11 is 0. The van der Waals surface area contributed by atoms with Crippen LogP contribution in [-0.4, -0.2) is 21.3 Å². The van der Waals surface area contributed by atoms with Crippen LogP contribution in [0.5, 0.6) is 0 Å². The number of hydrogen-bond acceptors (Lipinski definition) is 3. The van der Waals surface area contributed by atoms with Crippen molar-refractivity contribution in [1.82, 2.24) is 10.2 Å². The number of carboxylic acids is 1. The summed E-state index contributed by atoms with van der Waals surface area (Å²) in [7, 11) is 0. The minimum atomic E-state index is -1.14. The van der Waals surface area contributed by atoms with Crippen molar-refractivity contribution in [3.8, 4) is 0 Å². The van der Waals surface area contributed by atoms with Gasteiger partial charge >= 0.3 is 5.97 Å². The van der Waals surface area contributed by atoms with E-state index in [9.17, 15) is 9.59 Å². The predicted octanol–water partition coefficient (Wildman–Crippen LogP) is -0.223. The molecule has 0 fully saturated rings. The third-order valence-corrected chi connectivity index (χ3v) is 1.33. The van der Waals surface area contributed by atoms with E-state index in [0.717, 1.165) is 6.20 Å². The van der Waals surface area contributed by atoms with E-state index in [2.05, 4.69) is 10.2 Å². The van der Waals surface area contributed by atoms with Crippen LogP contribution in [0, 0.1) is 6.92 Å². The molecule has 0 saturated heterocycles. The fourth-order valence-electron chi connectivity index (χ4n) is 0.674. The van der Waals surface area contributed by atoms with Gasteiger partial charge in [0.2, 0.25) is 0 Å². The number of nitrogens with one attached hydrogen (secondary N) is 1. The number of carboxylic acid groups (broad SMARTS) is 1. The lowest BCUT2D eigenvalue weighted by Gasteiger charge is -1.94. The molecule has 0 unspecified atom stereocenters. The third kappa shape index (κ3) is 1.26. The van der Waals surface area contributed by atoms with Gasteiger partial charge in [-0.15, -0.1) is 0 Å². The number of aromatic amines is 1. The van der Waals surface area contributed by atoms with Crippen molar-refractivity contribution >= 4 is 5.97 Å². The van der Waals surface area contributed by atoms with Crippen molar-refractivity contribution in [2.75, 3.05) is 0 Å². The Morgan fingerprint density at radius 3 is 2.82 bits per heavy atom. The average Bonchev–Trinajstić information content (AvgIpc) is 1.94. The molecule has 0 radical (unpaired) electrons. The molecule has 0 saturated carbocycles. The molecule has 0 bridgehead atoms. The van der Waals surface area contributed by atoms with Crippen molar-refractivity contribution < 1.29 is 9.90 Å². The maximum Gasteiger partial charge on any atom is 0.337 e. The quantitative estimate of drug-likeness (QED) is 0.585. The van der Waals surface area contributed by atoms with Crippen molar-refractivity contribution in [1.29, 1.82) is 0 Å². The average molecular weight is 154 g/mol. The Kier molecular flexibility index (Phi) is 1.72. The third-order valence-electron chi connectivity index (χ3n) is 1.33. The summed E-state index contributed by atoms with van der Waals surface area (Å²) in [6, 6.07) is 0. The van der Waals surface area contributed by atoms with E-state index in [0.29, 0.717) is 0 Å². The highest BCUT2D eigenvalue weighted by Crippen LogP contribution is 1.97. The molecule has 0 spiro atoms. The second-order valence-corrected chi connectivity index (χ2v) is 2.04. The largest absolute Gasteiger partial charge is 0.478 e. The lowest BCUT2D eigenvalue weighted by atomic mass is 10.2. The zero-order valence-electron chi connectivity index (χ0n) is 5.79. The van der Waals surface area contributed by atoms with E-state index in [1.807, 2.05) is 0 Å². The summed E-state index contributed by atoms with van der Waals surface area (Å²) in [5.41, 5.74) is -0.355. The van der Waals surface area contributed by atoms with Gasteiger partial charge in [-0.3, -0.25) is 4.79 Å². The molecule has 1 aromatic rings. The monoisotopic (exact) mass is 154 g/mol. The SMILES string of the molecule is Cc1c(C(=O)O)cn[nH]c1=O. The van der Waals surface area contributed by atoms with Crippen molar-refractivity contribution in [3.05, 3.63) is 27.7 Å². The molecule has 0 aromatic carbocycles. The molecule has 5 heteroatoms. The van der Waals surface area contributed by atoms with Crippen LogP contribution < -0.4 is 5.56 Å². The minimum absolute atomic E-state index is 0.0613. The number of aromatic carboxylic acids is 1. The number of aromatic nitrogens is 2. The predicted molar refractivity (Wildman–Crippen MR) is 36.6 cm³/mol. The van der Waals surface area contributed by atoms with Gasteiger partial charge in [0.15, 0.2) is 0 Å². The number of carbonyl (C=O) groups is 1. The first-order chi connectivity index (χ1) is 5.13. The molecular weight excluding hydrogens is 148 g/mol. The van der Waals surface area contributed by atoms with Gasteiger partial charge in [-0.05, 0) is 6.92 Å². The van der Waals surface area contributed by atoms with Gasteiger partial charge in [-0.1, -0.05) is 0 Å². The smallest absolute Gasteiger partial charge is 0.337 e. The molecule has 1 heterocycles. The lowest BCUT2D eigenvalue weighted by Crippen LogP contribution is -2.16. The molecule has 0 atom stereocenters. The van der Waals surface area contributed by atoms with Gasteiger partial charge in [0.05, 0.1) is 11.8 Å². The Balaban J connectivity index is 3.39. The van der Waals surface area contributed by atoms with Gasteiger partial charge in [-0.25, -0.2) is 9.89 Å². The highest BCUT2D eigenvalue weighted by Gasteiger charge is 2.08. The second kappa shape index (κ2) is 2.53. The molecule has 0 amide bonds. The van der Waals surface area contributed by atoms with Crippen molar-refractivity contribution in [3.63, 3.8) is 0 Å². The van der Waals surface area contributed by atoms with Crippen LogP contribution in [0.1, 0.15) is 15.9 Å². The molecule has 0 aliphatic heterocycles. The topological polar surface area (TPSA) is 83.0 Å². The summed E-state index contributed by atoms with van der Waals surface area (Å²) in [5, 5.41) is 14.0. The first-order valence-corrected chi connectivity index (χ1v) is 2.90. The number of H-pyrrole nitrogens is 1. The van der Waals surface area contributed by atoms with Gasteiger partial charge in [0.25, 0.3) is 5.56 Å². The van der Waals surface area contributed by atoms with Crippen molar-refractivity contribution in [2.24, 2.45) is 0 Å². The number of nitrogens with zero attached hydrogens (tertiary/aromatic N) is 1. The standard InChI is InChI=1S/C6H6N2O3/c1-3-4(6(10)11)2-7-8-5(3)9/h2H,1H3,(H,8,9)(H,10,11). The molecular formula is C6H6N2O3. The molecule has 2 N–H and O–H groups in total. The Labute approximate surface area is 61.7 Å². The number of hydrogen-bond donors (Lipinski definition) is 2. The highest BCUT2D eigenvalue weighted by atomic mass is 16.4. The molecule has 0 aliphatic carbocycles. The zero-order valence-corrected chi connectivity index (χ0v) is 5.79. The van der Waals surface area contributed by atoms with Gasteiger partial charge in [0.1, 0.15) is 0 Å². The van der Waals surface area contributed by atoms with Gasteiger partial charge in [-0.2, -0.15) is 5.10 Å². The summed E-state index contributed by atoms with van der Waals surface area (Å²) in [6.07, 6.45) is 1.11. The fourth-order valence-corrected chi connectivity index (χ4v) is 0.674. The first kappa shape index (κ1) is 7.46. The molecule has 5 nitrogen and oxygen atoms in total. The van der Waals surface area contributed by atoms with Gasteiger partial charge < -0.3 is 5.11 Å². The summed E-state index contributed by atoms with van der Waals surface area (Å²) in [5.74, 6) is -1.14. The van der Waals surface area contributed by atoms with Crippen LogP contribution in [0.2, 0.25) is 0 Å². The Bertz CT molecular complexity index is 342. The van der Waals surface area contributed by atoms with E-state index >= 15 is 0 Å². The normalized spacial score (nSPS) is 9.55. The molecule has 11 heavy (non-hydrogen) atoms. The van der Waals surface area contributed by atoms with Crippen LogP contribution in [0.3, 0.4) is 0 Å². The molecule has 1 aromatic heterocycles. The van der Waals surface area contributed by atoms with Crippen LogP contribution in [0.15, 0.2) is 11.0 Å². The summed E-state index contributed by atoms with van der Waals surface area (Å²) in [6.45, 7) is 1.43. The van der Waals surface area contributed by atoms with E-state index in [-0.39, 0.29) is 11.1 Å². The Morgan fingerprint density at radius 1 is 1.73 bits per heavy atom. The van der Waals surface area contributed by atoms with Gasteiger partial charge in [0, 0.05) is 5.56 Å². The zero-order chi connectivity index (χ0) is 8.43. The molecule has 58 valence electrons. The molecule has 0 aliphatic rings. The highest BCUT2D eigenvalue weighted by molar-refractivity contribution is 5.88. The lowest BCUT2D eigenvalue weighted by molar-refractivity contribution is 0.0695.